The molecular formula is C16H36N2O2. The van der Waals surface area contributed by atoms with E-state index in [4.69, 9.17) is 9.47 Å². The summed E-state index contributed by atoms with van der Waals surface area (Å²) in [5.74, 6) is 0. The van der Waals surface area contributed by atoms with Crippen LogP contribution in [0.3, 0.4) is 0 Å². The Kier molecular flexibility index (Phi) is 9.64. The molecule has 0 bridgehead atoms. The zero-order chi connectivity index (χ0) is 15.6. The molecule has 0 aromatic rings. The first-order valence-electron chi connectivity index (χ1n) is 7.83. The lowest BCUT2D eigenvalue weighted by molar-refractivity contribution is -0.0152. The highest BCUT2D eigenvalue weighted by Crippen LogP contribution is 2.06. The van der Waals surface area contributed by atoms with E-state index in [9.17, 15) is 0 Å². The molecule has 122 valence electrons. The van der Waals surface area contributed by atoms with E-state index >= 15 is 0 Å². The van der Waals surface area contributed by atoms with Crippen molar-refractivity contribution in [3.05, 3.63) is 0 Å². The van der Waals surface area contributed by atoms with Gasteiger partial charge in [-0.05, 0) is 48.1 Å². The predicted octanol–water partition coefficient (Wildman–Crippen LogP) is 2.53. The lowest BCUT2D eigenvalue weighted by Crippen LogP contribution is -2.38. The minimum absolute atomic E-state index is 0.0471. The maximum Gasteiger partial charge on any atom is 0.0600 e. The van der Waals surface area contributed by atoms with E-state index in [-0.39, 0.29) is 11.1 Å². The SMILES string of the molecule is CCN(CCOCCNC(C)(C)C)CCOC(C)(C)C. The lowest BCUT2D eigenvalue weighted by atomic mass is 10.1. The van der Waals surface area contributed by atoms with Crippen LogP contribution in [0.5, 0.6) is 0 Å². The molecule has 0 aliphatic carbocycles. The number of nitrogens with zero attached hydrogens (tertiary/aromatic N) is 1. The fourth-order valence-electron chi connectivity index (χ4n) is 1.70. The smallest absolute Gasteiger partial charge is 0.0600 e. The minimum atomic E-state index is -0.0471. The quantitative estimate of drug-likeness (QED) is 0.626. The predicted molar refractivity (Wildman–Crippen MR) is 86.4 cm³/mol. The number of nitrogens with one attached hydrogen (secondary N) is 1. The first kappa shape index (κ1) is 19.8. The summed E-state index contributed by atoms with van der Waals surface area (Å²) in [6.07, 6.45) is 0. The van der Waals surface area contributed by atoms with Crippen LogP contribution in [0.4, 0.5) is 0 Å². The van der Waals surface area contributed by atoms with Crippen LogP contribution in [0.15, 0.2) is 0 Å². The second-order valence-corrected chi connectivity index (χ2v) is 7.18. The van der Waals surface area contributed by atoms with E-state index in [1.54, 1.807) is 0 Å². The topological polar surface area (TPSA) is 33.7 Å². The van der Waals surface area contributed by atoms with Crippen LogP contribution in [0, 0.1) is 0 Å². The number of rotatable bonds is 10. The highest BCUT2D eigenvalue weighted by Gasteiger charge is 2.11. The van der Waals surface area contributed by atoms with Crippen LogP contribution in [0.2, 0.25) is 0 Å². The van der Waals surface area contributed by atoms with Gasteiger partial charge in [0.15, 0.2) is 0 Å². The van der Waals surface area contributed by atoms with Crippen LogP contribution in [0.1, 0.15) is 48.5 Å². The molecule has 1 N–H and O–H groups in total. The Balaban J connectivity index is 3.55. The maximum atomic E-state index is 5.75. The molecule has 4 nitrogen and oxygen atoms in total. The molecule has 0 aromatic heterocycles. The van der Waals surface area contributed by atoms with Gasteiger partial charge < -0.3 is 14.8 Å². The number of hydrogen-bond acceptors (Lipinski definition) is 4. The molecule has 0 fully saturated rings. The van der Waals surface area contributed by atoms with Crippen molar-refractivity contribution in [3.8, 4) is 0 Å². The van der Waals surface area contributed by atoms with Crippen molar-refractivity contribution < 1.29 is 9.47 Å². The molecule has 0 rings (SSSR count). The van der Waals surface area contributed by atoms with Crippen molar-refractivity contribution in [1.82, 2.24) is 10.2 Å². The molecule has 0 radical (unpaired) electrons. The Morgan fingerprint density at radius 1 is 0.900 bits per heavy atom. The van der Waals surface area contributed by atoms with Gasteiger partial charge >= 0.3 is 0 Å². The Labute approximate surface area is 126 Å². The third kappa shape index (κ3) is 14.3. The van der Waals surface area contributed by atoms with E-state index < -0.39 is 0 Å². The summed E-state index contributed by atoms with van der Waals surface area (Å²) in [6, 6.07) is 0. The molecule has 0 atom stereocenters. The average molecular weight is 288 g/mol. The zero-order valence-corrected chi connectivity index (χ0v) is 14.7. The van der Waals surface area contributed by atoms with E-state index in [0.717, 1.165) is 46.0 Å². The maximum absolute atomic E-state index is 5.75. The van der Waals surface area contributed by atoms with E-state index in [0.29, 0.717) is 0 Å². The highest BCUT2D eigenvalue weighted by molar-refractivity contribution is 4.69. The van der Waals surface area contributed by atoms with E-state index in [1.807, 2.05) is 0 Å². The molecule has 0 aliphatic heterocycles. The summed E-state index contributed by atoms with van der Waals surface area (Å²) in [5.41, 5.74) is 0.123. The summed E-state index contributed by atoms with van der Waals surface area (Å²) in [7, 11) is 0. The number of ether oxygens (including phenoxy) is 2. The third-order valence-corrected chi connectivity index (χ3v) is 2.84. The largest absolute Gasteiger partial charge is 0.379 e. The molecule has 0 saturated carbocycles. The molecule has 0 saturated heterocycles. The van der Waals surface area contributed by atoms with Gasteiger partial charge in [-0.3, -0.25) is 4.90 Å². The molecule has 20 heavy (non-hydrogen) atoms. The van der Waals surface area contributed by atoms with Crippen molar-refractivity contribution in [2.75, 3.05) is 46.0 Å². The van der Waals surface area contributed by atoms with Crippen LogP contribution >= 0.6 is 0 Å². The van der Waals surface area contributed by atoms with Crippen LogP contribution in [-0.4, -0.2) is 62.0 Å². The van der Waals surface area contributed by atoms with Crippen molar-refractivity contribution in [3.63, 3.8) is 0 Å². The van der Waals surface area contributed by atoms with E-state index in [1.165, 1.54) is 0 Å². The monoisotopic (exact) mass is 288 g/mol. The Morgan fingerprint density at radius 3 is 2.00 bits per heavy atom. The second-order valence-electron chi connectivity index (χ2n) is 7.18. The van der Waals surface area contributed by atoms with Crippen LogP contribution < -0.4 is 5.32 Å². The second kappa shape index (κ2) is 9.72. The molecule has 0 unspecified atom stereocenters. The Bertz CT molecular complexity index is 232. The van der Waals surface area contributed by atoms with Crippen molar-refractivity contribution >= 4 is 0 Å². The summed E-state index contributed by atoms with van der Waals surface area (Å²) in [4.78, 5) is 2.36. The summed E-state index contributed by atoms with van der Waals surface area (Å²) >= 11 is 0. The lowest BCUT2D eigenvalue weighted by Gasteiger charge is -2.24. The molecule has 0 amide bonds. The molecule has 4 heteroatoms. The normalized spacial score (nSPS) is 13.2. The highest BCUT2D eigenvalue weighted by atomic mass is 16.5. The van der Waals surface area contributed by atoms with E-state index in [2.05, 4.69) is 58.7 Å². The molecule has 0 aromatic carbocycles. The van der Waals surface area contributed by atoms with Crippen molar-refractivity contribution in [2.45, 2.75) is 59.6 Å². The van der Waals surface area contributed by atoms with Gasteiger partial charge in [-0.1, -0.05) is 6.92 Å². The summed E-state index contributed by atoms with van der Waals surface area (Å²) in [6.45, 7) is 21.2. The van der Waals surface area contributed by atoms with Crippen molar-refractivity contribution in [1.29, 1.82) is 0 Å². The van der Waals surface area contributed by atoms with Gasteiger partial charge in [0.05, 0.1) is 25.4 Å². The first-order chi connectivity index (χ1) is 9.14. The minimum Gasteiger partial charge on any atom is -0.379 e. The van der Waals surface area contributed by atoms with Crippen LogP contribution in [0.25, 0.3) is 0 Å². The average Bonchev–Trinajstić information content (AvgIpc) is 2.28. The van der Waals surface area contributed by atoms with Gasteiger partial charge in [0.2, 0.25) is 0 Å². The molecule has 0 heterocycles. The number of hydrogen-bond donors (Lipinski definition) is 1. The van der Waals surface area contributed by atoms with Crippen LogP contribution in [-0.2, 0) is 9.47 Å². The number of likely N-dealkylation sites (N-methyl/N-ethyl adjacent to an activating group) is 1. The summed E-state index contributed by atoms with van der Waals surface area (Å²) < 4.78 is 11.4. The first-order valence-corrected chi connectivity index (χ1v) is 7.83. The van der Waals surface area contributed by atoms with Gasteiger partial charge in [0.25, 0.3) is 0 Å². The molecule has 0 spiro atoms. The third-order valence-electron chi connectivity index (χ3n) is 2.84. The Hall–Kier alpha value is -0.160. The van der Waals surface area contributed by atoms with Gasteiger partial charge in [-0.15, -0.1) is 0 Å². The van der Waals surface area contributed by atoms with Gasteiger partial charge in [0, 0.05) is 25.2 Å². The molecular weight excluding hydrogens is 252 g/mol. The summed E-state index contributed by atoms with van der Waals surface area (Å²) in [5, 5.41) is 3.42. The fraction of sp³-hybridized carbons (Fsp3) is 1.00. The molecule has 0 aliphatic rings. The van der Waals surface area contributed by atoms with Crippen molar-refractivity contribution in [2.24, 2.45) is 0 Å². The Morgan fingerprint density at radius 2 is 1.50 bits per heavy atom. The van der Waals surface area contributed by atoms with Gasteiger partial charge in [0.1, 0.15) is 0 Å². The standard InChI is InChI=1S/C16H36N2O2/c1-8-18(11-14-20-16(5,6)7)10-13-19-12-9-17-15(2,3)4/h17H,8-14H2,1-7H3. The van der Waals surface area contributed by atoms with Gasteiger partial charge in [-0.2, -0.15) is 0 Å². The fourth-order valence-corrected chi connectivity index (χ4v) is 1.70. The van der Waals surface area contributed by atoms with Gasteiger partial charge in [-0.25, -0.2) is 0 Å². The zero-order valence-electron chi connectivity index (χ0n) is 14.7.